The summed E-state index contributed by atoms with van der Waals surface area (Å²) in [5, 5.41) is 3.15. The maximum atomic E-state index is 11.8. The van der Waals surface area contributed by atoms with Crippen LogP contribution in [0.2, 0.25) is 0 Å². The summed E-state index contributed by atoms with van der Waals surface area (Å²) in [5.74, 6) is -0.960. The Morgan fingerprint density at radius 3 is 2.71 bits per heavy atom. The van der Waals surface area contributed by atoms with Gasteiger partial charge >= 0.3 is 5.97 Å². The van der Waals surface area contributed by atoms with Crippen molar-refractivity contribution in [3.05, 3.63) is 10.6 Å². The zero-order valence-corrected chi connectivity index (χ0v) is 12.5. The molecule has 0 aromatic carbocycles. The van der Waals surface area contributed by atoms with Crippen LogP contribution in [0.5, 0.6) is 0 Å². The second kappa shape index (κ2) is 8.63. The summed E-state index contributed by atoms with van der Waals surface area (Å²) in [4.78, 5) is 27.3. The molecule has 6 nitrogen and oxygen atoms in total. The lowest BCUT2D eigenvalue weighted by molar-refractivity contribution is 0.0215. The van der Waals surface area contributed by atoms with Crippen LogP contribution in [0.15, 0.2) is 0 Å². The number of nitrogens with one attached hydrogen (secondary N) is 1. The van der Waals surface area contributed by atoms with Gasteiger partial charge in [0.1, 0.15) is 11.5 Å². The Labute approximate surface area is 124 Å². The Bertz CT molecular complexity index is 494. The van der Waals surface area contributed by atoms with Crippen LogP contribution in [0.4, 0.5) is 13.9 Å². The van der Waals surface area contributed by atoms with E-state index in [9.17, 15) is 18.4 Å². The molecule has 0 unspecified atom stereocenters. The van der Waals surface area contributed by atoms with Gasteiger partial charge in [-0.2, -0.15) is 0 Å². The Morgan fingerprint density at radius 2 is 2.14 bits per heavy atom. The molecule has 1 N–H and O–H groups in total. The van der Waals surface area contributed by atoms with E-state index < -0.39 is 19.0 Å². The van der Waals surface area contributed by atoms with E-state index in [1.54, 1.807) is 6.92 Å². The number of anilines is 1. The van der Waals surface area contributed by atoms with Crippen LogP contribution >= 0.6 is 11.3 Å². The second-order valence-corrected chi connectivity index (χ2v) is 4.87. The highest BCUT2D eigenvalue weighted by molar-refractivity contribution is 7.17. The molecule has 1 heterocycles. The number of nitrogens with zero attached hydrogens (tertiary/aromatic N) is 1. The van der Waals surface area contributed by atoms with Crippen LogP contribution in [-0.4, -0.2) is 49.5 Å². The molecule has 0 atom stereocenters. The molecular weight excluding hydrogens is 306 g/mol. The van der Waals surface area contributed by atoms with Gasteiger partial charge in [0.2, 0.25) is 0 Å². The SMILES string of the molecule is CCOC(=O)c1nc(NCCOCC(F)F)sc1C(C)=O. The number of hydrogen-bond acceptors (Lipinski definition) is 7. The molecule has 0 fully saturated rings. The lowest BCUT2D eigenvalue weighted by Gasteiger charge is -2.03. The summed E-state index contributed by atoms with van der Waals surface area (Å²) in [7, 11) is 0. The van der Waals surface area contributed by atoms with E-state index in [-0.39, 0.29) is 36.1 Å². The van der Waals surface area contributed by atoms with Crippen molar-refractivity contribution in [3.63, 3.8) is 0 Å². The first-order chi connectivity index (χ1) is 9.95. The fraction of sp³-hybridized carbons (Fsp3) is 0.583. The number of aromatic nitrogens is 1. The van der Waals surface area contributed by atoms with E-state index in [1.165, 1.54) is 6.92 Å². The van der Waals surface area contributed by atoms with Crippen LogP contribution < -0.4 is 5.32 Å². The van der Waals surface area contributed by atoms with E-state index >= 15 is 0 Å². The number of esters is 1. The summed E-state index contributed by atoms with van der Waals surface area (Å²) in [5.41, 5.74) is -0.0367. The van der Waals surface area contributed by atoms with Crippen LogP contribution in [-0.2, 0) is 9.47 Å². The van der Waals surface area contributed by atoms with Crippen LogP contribution in [0, 0.1) is 0 Å². The number of carbonyl (C=O) groups is 2. The predicted molar refractivity (Wildman–Crippen MR) is 73.4 cm³/mol. The van der Waals surface area contributed by atoms with Gasteiger partial charge in [0.05, 0.1) is 13.2 Å². The maximum Gasteiger partial charge on any atom is 0.358 e. The van der Waals surface area contributed by atoms with Gasteiger partial charge in [0.25, 0.3) is 6.43 Å². The van der Waals surface area contributed by atoms with Crippen molar-refractivity contribution in [2.45, 2.75) is 20.3 Å². The van der Waals surface area contributed by atoms with Crippen LogP contribution in [0.25, 0.3) is 0 Å². The molecular formula is C12H16F2N2O4S. The number of rotatable bonds is 9. The lowest BCUT2D eigenvalue weighted by Crippen LogP contribution is -2.13. The van der Waals surface area contributed by atoms with Gasteiger partial charge in [-0.3, -0.25) is 4.79 Å². The molecule has 1 rings (SSSR count). The summed E-state index contributed by atoms with van der Waals surface area (Å²) in [6.45, 7) is 2.82. The van der Waals surface area contributed by atoms with Crippen molar-refractivity contribution >= 4 is 28.2 Å². The van der Waals surface area contributed by atoms with E-state index in [0.29, 0.717) is 5.13 Å². The molecule has 0 aliphatic rings. The normalized spacial score (nSPS) is 10.7. The molecule has 0 amide bonds. The Morgan fingerprint density at radius 1 is 1.43 bits per heavy atom. The number of ether oxygens (including phenoxy) is 2. The zero-order valence-electron chi connectivity index (χ0n) is 11.7. The molecule has 9 heteroatoms. The van der Waals surface area contributed by atoms with Gasteiger partial charge in [-0.15, -0.1) is 0 Å². The fourth-order valence-electron chi connectivity index (χ4n) is 1.37. The smallest absolute Gasteiger partial charge is 0.358 e. The van der Waals surface area contributed by atoms with E-state index in [0.717, 1.165) is 11.3 Å². The van der Waals surface area contributed by atoms with Crippen molar-refractivity contribution in [1.29, 1.82) is 0 Å². The first-order valence-corrected chi connectivity index (χ1v) is 7.06. The minimum atomic E-state index is -2.51. The highest BCUT2D eigenvalue weighted by Crippen LogP contribution is 2.24. The molecule has 21 heavy (non-hydrogen) atoms. The largest absolute Gasteiger partial charge is 0.461 e. The maximum absolute atomic E-state index is 11.8. The molecule has 1 aromatic heterocycles. The number of hydrogen-bond donors (Lipinski definition) is 1. The molecule has 0 aliphatic heterocycles. The topological polar surface area (TPSA) is 77.5 Å². The third-order valence-corrected chi connectivity index (χ3v) is 3.30. The standard InChI is InChI=1S/C12H16F2N2O4S/c1-3-20-11(18)9-10(7(2)17)21-12(16-9)15-4-5-19-6-8(13)14/h8H,3-6H2,1-2H3,(H,15,16). The summed E-state index contributed by atoms with van der Waals surface area (Å²) in [6, 6.07) is 0. The Balaban J connectivity index is 2.61. The highest BCUT2D eigenvalue weighted by Gasteiger charge is 2.22. The number of thiazole rings is 1. The minimum absolute atomic E-state index is 0.0367. The van der Waals surface area contributed by atoms with Gasteiger partial charge in [0.15, 0.2) is 16.6 Å². The first kappa shape index (κ1) is 17.4. The molecule has 0 aliphatic carbocycles. The molecule has 1 aromatic rings. The molecule has 0 spiro atoms. The van der Waals surface area contributed by atoms with E-state index in [1.807, 2.05) is 0 Å². The summed E-state index contributed by atoms with van der Waals surface area (Å²) >= 11 is 1.01. The summed E-state index contributed by atoms with van der Waals surface area (Å²) in [6.07, 6.45) is -2.51. The number of Topliss-reactive ketones (excluding diaryl/α,β-unsaturated/α-hetero) is 1. The van der Waals surface area contributed by atoms with E-state index in [4.69, 9.17) is 9.47 Å². The van der Waals surface area contributed by atoms with Crippen molar-refractivity contribution in [1.82, 2.24) is 4.98 Å². The van der Waals surface area contributed by atoms with Crippen molar-refractivity contribution in [2.75, 3.05) is 31.7 Å². The van der Waals surface area contributed by atoms with Crippen molar-refractivity contribution in [2.24, 2.45) is 0 Å². The number of ketones is 1. The van der Waals surface area contributed by atoms with Gasteiger partial charge < -0.3 is 14.8 Å². The predicted octanol–water partition coefficient (Wildman–Crippen LogP) is 2.22. The monoisotopic (exact) mass is 322 g/mol. The van der Waals surface area contributed by atoms with Crippen molar-refractivity contribution < 1.29 is 27.8 Å². The minimum Gasteiger partial charge on any atom is -0.461 e. The van der Waals surface area contributed by atoms with Gasteiger partial charge in [-0.05, 0) is 6.92 Å². The highest BCUT2D eigenvalue weighted by atomic mass is 32.1. The molecule has 0 bridgehead atoms. The van der Waals surface area contributed by atoms with Crippen molar-refractivity contribution in [3.8, 4) is 0 Å². The Hall–Kier alpha value is -1.61. The number of alkyl halides is 2. The van der Waals surface area contributed by atoms with Gasteiger partial charge in [-0.1, -0.05) is 11.3 Å². The third-order valence-electron chi connectivity index (χ3n) is 2.18. The quantitative estimate of drug-likeness (QED) is 0.427. The second-order valence-electron chi connectivity index (χ2n) is 3.87. The molecule has 118 valence electrons. The average Bonchev–Trinajstić information content (AvgIpc) is 2.82. The number of carbonyl (C=O) groups excluding carboxylic acids is 2. The molecule has 0 saturated carbocycles. The van der Waals surface area contributed by atoms with Crippen LogP contribution in [0.3, 0.4) is 0 Å². The first-order valence-electron chi connectivity index (χ1n) is 6.24. The fourth-order valence-corrected chi connectivity index (χ4v) is 2.25. The Kier molecular flexibility index (Phi) is 7.17. The van der Waals surface area contributed by atoms with Gasteiger partial charge in [-0.25, -0.2) is 18.6 Å². The molecule has 0 saturated heterocycles. The van der Waals surface area contributed by atoms with E-state index in [2.05, 4.69) is 10.3 Å². The van der Waals surface area contributed by atoms with Crippen LogP contribution in [0.1, 0.15) is 34.0 Å². The lowest BCUT2D eigenvalue weighted by atomic mass is 10.3. The number of halogens is 2. The summed E-state index contributed by atoms with van der Waals surface area (Å²) < 4.78 is 33.2. The third kappa shape index (κ3) is 5.72. The average molecular weight is 322 g/mol. The molecule has 0 radical (unpaired) electrons. The van der Waals surface area contributed by atoms with Gasteiger partial charge in [0, 0.05) is 13.5 Å². The zero-order chi connectivity index (χ0) is 15.8.